The number of epoxide rings is 1. The van der Waals surface area contributed by atoms with Gasteiger partial charge in [-0.05, 0) is 48.6 Å². The quantitative estimate of drug-likeness (QED) is 0.156. The van der Waals surface area contributed by atoms with Crippen molar-refractivity contribution in [2.24, 2.45) is 29.1 Å². The average molecular weight is 732 g/mol. The monoisotopic (exact) mass is 731 g/mol. The van der Waals surface area contributed by atoms with E-state index in [1.54, 1.807) is 57.2 Å². The Morgan fingerprint density at radius 1 is 0.868 bits per heavy atom. The number of ether oxygens (including phenoxy) is 6. The highest BCUT2D eigenvalue weighted by molar-refractivity contribution is 5.96. The summed E-state index contributed by atoms with van der Waals surface area (Å²) in [5, 5.41) is 0. The third-order valence-electron chi connectivity index (χ3n) is 11.3. The second-order valence-corrected chi connectivity index (χ2v) is 15.1. The van der Waals surface area contributed by atoms with Gasteiger partial charge in [-0.2, -0.15) is 0 Å². The van der Waals surface area contributed by atoms with Crippen LogP contribution in [0.4, 0.5) is 0 Å². The fourth-order valence-corrected chi connectivity index (χ4v) is 8.91. The van der Waals surface area contributed by atoms with Crippen LogP contribution in [-0.2, 0) is 58.8 Å². The highest BCUT2D eigenvalue weighted by atomic mass is 16.7. The van der Waals surface area contributed by atoms with Crippen molar-refractivity contribution in [3.63, 3.8) is 0 Å². The fourth-order valence-electron chi connectivity index (χ4n) is 8.91. The third kappa shape index (κ3) is 6.87. The Morgan fingerprint density at radius 3 is 2.17 bits per heavy atom. The van der Waals surface area contributed by atoms with Gasteiger partial charge >= 0.3 is 29.8 Å². The smallest absolute Gasteiger partial charge is 0.340 e. The van der Waals surface area contributed by atoms with Gasteiger partial charge in [-0.15, -0.1) is 0 Å². The zero-order chi connectivity index (χ0) is 38.5. The van der Waals surface area contributed by atoms with Crippen LogP contribution in [0.25, 0.3) is 0 Å². The SMILES string of the molecule is CC(=O)OCC1(C)C2C(OC(C)=O)C(C)C(=O)C34CC(C)C(OC(C)=O)C3(C=C(C)C(OC(=O)Cc3ccccc3)C(OC(=O)c3cccnc3)C21)O4. The van der Waals surface area contributed by atoms with Crippen LogP contribution in [0.5, 0.6) is 0 Å². The first-order valence-corrected chi connectivity index (χ1v) is 17.8. The summed E-state index contributed by atoms with van der Waals surface area (Å²) in [6.45, 7) is 10.5. The summed E-state index contributed by atoms with van der Waals surface area (Å²) in [7, 11) is 0. The minimum atomic E-state index is -1.47. The molecule has 53 heavy (non-hydrogen) atoms. The average Bonchev–Trinajstić information content (AvgIpc) is 3.92. The number of benzene rings is 1. The topological polar surface area (TPSA) is 174 Å². The van der Waals surface area contributed by atoms with Crippen LogP contribution >= 0.6 is 0 Å². The van der Waals surface area contributed by atoms with E-state index in [0.29, 0.717) is 11.1 Å². The van der Waals surface area contributed by atoms with Gasteiger partial charge < -0.3 is 28.4 Å². The first kappa shape index (κ1) is 37.8. The van der Waals surface area contributed by atoms with Gasteiger partial charge in [-0.25, -0.2) is 4.79 Å². The van der Waals surface area contributed by atoms with E-state index in [1.807, 2.05) is 13.0 Å². The molecule has 13 nitrogen and oxygen atoms in total. The molecular formula is C40H45NO12. The summed E-state index contributed by atoms with van der Waals surface area (Å²) in [5.74, 6) is -6.38. The van der Waals surface area contributed by atoms with E-state index >= 15 is 0 Å². The minimum Gasteiger partial charge on any atom is -0.465 e. The maximum absolute atomic E-state index is 14.8. The van der Waals surface area contributed by atoms with E-state index in [-0.39, 0.29) is 36.7 Å². The van der Waals surface area contributed by atoms with Crippen LogP contribution < -0.4 is 0 Å². The fraction of sp³-hybridized carbons (Fsp3) is 0.525. The predicted octanol–water partition coefficient (Wildman–Crippen LogP) is 4.15. The van der Waals surface area contributed by atoms with Crippen molar-refractivity contribution in [3.8, 4) is 0 Å². The molecule has 11 atom stereocenters. The maximum Gasteiger partial charge on any atom is 0.340 e. The number of ketones is 1. The first-order valence-electron chi connectivity index (χ1n) is 17.8. The number of fused-ring (bicyclic) bond motifs is 1. The van der Waals surface area contributed by atoms with Crippen molar-refractivity contribution in [1.29, 1.82) is 0 Å². The lowest BCUT2D eigenvalue weighted by Gasteiger charge is -2.31. The molecule has 2 heterocycles. The molecule has 3 aliphatic carbocycles. The molecule has 1 aliphatic heterocycles. The Bertz CT molecular complexity index is 1830. The van der Waals surface area contributed by atoms with E-state index in [2.05, 4.69) is 4.98 Å². The lowest BCUT2D eigenvalue weighted by atomic mass is 9.80. The Kier molecular flexibility index (Phi) is 10.1. The van der Waals surface area contributed by atoms with E-state index in [1.165, 1.54) is 39.2 Å². The molecule has 1 aromatic heterocycles. The van der Waals surface area contributed by atoms with Crippen molar-refractivity contribution in [3.05, 3.63) is 77.6 Å². The van der Waals surface area contributed by atoms with Crippen LogP contribution in [0.3, 0.4) is 0 Å². The molecule has 1 aromatic carbocycles. The second-order valence-electron chi connectivity index (χ2n) is 15.1. The van der Waals surface area contributed by atoms with Crippen LogP contribution in [-0.4, -0.2) is 82.8 Å². The molecule has 1 saturated heterocycles. The molecule has 0 radical (unpaired) electrons. The molecule has 4 aliphatic rings. The highest BCUT2D eigenvalue weighted by Gasteiger charge is 2.84. The number of rotatable bonds is 9. The van der Waals surface area contributed by atoms with Gasteiger partial charge in [0.15, 0.2) is 23.1 Å². The van der Waals surface area contributed by atoms with E-state index in [0.717, 1.165) is 0 Å². The van der Waals surface area contributed by atoms with E-state index < -0.39 is 88.6 Å². The maximum atomic E-state index is 14.8. The molecular weight excluding hydrogens is 686 g/mol. The number of pyridine rings is 1. The molecule has 3 fully saturated rings. The summed E-state index contributed by atoms with van der Waals surface area (Å²) >= 11 is 0. The van der Waals surface area contributed by atoms with Gasteiger partial charge in [0.05, 0.1) is 24.5 Å². The number of carbonyl (C=O) groups is 6. The third-order valence-corrected chi connectivity index (χ3v) is 11.3. The Morgan fingerprint density at radius 2 is 1.55 bits per heavy atom. The molecule has 0 N–H and O–H groups in total. The zero-order valence-corrected chi connectivity index (χ0v) is 30.9. The van der Waals surface area contributed by atoms with Crippen LogP contribution in [0.1, 0.15) is 70.8 Å². The molecule has 0 amide bonds. The number of esters is 5. The summed E-state index contributed by atoms with van der Waals surface area (Å²) in [6.07, 6.45) is 0.0353. The number of nitrogens with zero attached hydrogens (tertiary/aromatic N) is 1. The zero-order valence-electron chi connectivity index (χ0n) is 30.9. The number of Topliss-reactive ketones (excluding diaryl/α,β-unsaturated/α-hetero) is 1. The number of aromatic nitrogens is 1. The standard InChI is InChI=1S/C40H45NO12/c1-21-17-40-36(50-26(6)44)22(2)18-39(40,53-40)35(46)23(3)33(49-25(5)43)30-31(38(30,7)20-48-24(4)42)34(52-37(47)28-14-11-15-41-19-28)32(21)51-29(45)16-27-12-9-8-10-13-27/h8-15,17,19,22-23,30-34,36H,16,18,20H2,1-7H3. The van der Waals surface area contributed by atoms with Gasteiger partial charge in [0.25, 0.3) is 0 Å². The van der Waals surface area contributed by atoms with E-state index in [4.69, 9.17) is 28.4 Å². The largest absolute Gasteiger partial charge is 0.465 e. The van der Waals surface area contributed by atoms with Crippen molar-refractivity contribution in [2.75, 3.05) is 6.61 Å². The minimum absolute atomic E-state index is 0.114. The van der Waals surface area contributed by atoms with Crippen molar-refractivity contribution in [1.82, 2.24) is 4.98 Å². The molecule has 6 rings (SSSR count). The summed E-state index contributed by atoms with van der Waals surface area (Å²) < 4.78 is 36.4. The van der Waals surface area contributed by atoms with Crippen LogP contribution in [0.15, 0.2) is 66.5 Å². The number of hydrogen-bond acceptors (Lipinski definition) is 13. The van der Waals surface area contributed by atoms with Gasteiger partial charge in [0, 0.05) is 50.4 Å². The normalized spacial score (nSPS) is 35.5. The number of carbonyl (C=O) groups excluding carboxylic acids is 6. The van der Waals surface area contributed by atoms with Crippen molar-refractivity contribution >= 4 is 35.6 Å². The van der Waals surface area contributed by atoms with Gasteiger partial charge in [-0.1, -0.05) is 51.1 Å². The summed E-state index contributed by atoms with van der Waals surface area (Å²) in [5.41, 5.74) is -2.78. The molecule has 0 bridgehead atoms. The lowest BCUT2D eigenvalue weighted by molar-refractivity contribution is -0.155. The lowest BCUT2D eigenvalue weighted by Crippen LogP contribution is -2.43. The Labute approximate surface area is 307 Å². The molecule has 282 valence electrons. The van der Waals surface area contributed by atoms with Crippen molar-refractivity contribution in [2.45, 2.75) is 96.9 Å². The van der Waals surface area contributed by atoms with Gasteiger partial charge in [0.2, 0.25) is 0 Å². The predicted molar refractivity (Wildman–Crippen MR) is 185 cm³/mol. The first-order chi connectivity index (χ1) is 25.0. The van der Waals surface area contributed by atoms with Crippen LogP contribution in [0, 0.1) is 29.1 Å². The van der Waals surface area contributed by atoms with Gasteiger partial charge in [0.1, 0.15) is 18.3 Å². The molecule has 13 heteroatoms. The highest BCUT2D eigenvalue weighted by Crippen LogP contribution is 2.69. The summed E-state index contributed by atoms with van der Waals surface area (Å²) in [4.78, 5) is 84.0. The molecule has 2 aromatic rings. The molecule has 11 unspecified atom stereocenters. The van der Waals surface area contributed by atoms with Crippen molar-refractivity contribution < 1.29 is 57.2 Å². The second kappa shape index (κ2) is 14.1. The van der Waals surface area contributed by atoms with E-state index in [9.17, 15) is 28.8 Å². The molecule has 0 spiro atoms. The summed E-state index contributed by atoms with van der Waals surface area (Å²) in [6, 6.07) is 12.1. The number of hydrogen-bond donors (Lipinski definition) is 0. The Hall–Kier alpha value is -4.91. The Balaban J connectivity index is 1.55. The van der Waals surface area contributed by atoms with Crippen LogP contribution in [0.2, 0.25) is 0 Å². The molecule has 2 saturated carbocycles. The van der Waals surface area contributed by atoms with Gasteiger partial charge in [-0.3, -0.25) is 29.0 Å².